The first-order valence-electron chi connectivity index (χ1n) is 7.11. The summed E-state index contributed by atoms with van der Waals surface area (Å²) in [4.78, 5) is 25.2. The number of hydrogen-bond acceptors (Lipinski definition) is 5. The molecule has 0 aromatic carbocycles. The van der Waals surface area contributed by atoms with E-state index in [1.807, 2.05) is 0 Å². The van der Waals surface area contributed by atoms with Crippen molar-refractivity contribution in [2.24, 2.45) is 0 Å². The molecule has 2 heterocycles. The fourth-order valence-corrected chi connectivity index (χ4v) is 3.68. The number of carbonyl (C=O) groups is 2. The van der Waals surface area contributed by atoms with Gasteiger partial charge in [0, 0.05) is 23.6 Å². The molecule has 1 unspecified atom stereocenters. The lowest BCUT2D eigenvalue weighted by Crippen LogP contribution is -2.37. The number of aliphatic carboxylic acids is 1. The van der Waals surface area contributed by atoms with Crippen LogP contribution in [0.2, 0.25) is 0 Å². The number of fused-ring (bicyclic) bond motifs is 1. The highest BCUT2D eigenvalue weighted by Gasteiger charge is 2.41. The summed E-state index contributed by atoms with van der Waals surface area (Å²) in [5, 5.41) is 29.6. The SMILES string of the molecule is CC1=C(CC(=O)O)C2=CC(O)=C(F)CC2N1C(=O)c1csc(O)c1. The van der Waals surface area contributed by atoms with Crippen LogP contribution in [0, 0.1) is 0 Å². The van der Waals surface area contributed by atoms with E-state index in [-0.39, 0.29) is 23.5 Å². The Labute approximate surface area is 140 Å². The number of rotatable bonds is 3. The van der Waals surface area contributed by atoms with Crippen molar-refractivity contribution < 1.29 is 29.3 Å². The van der Waals surface area contributed by atoms with Gasteiger partial charge >= 0.3 is 5.97 Å². The van der Waals surface area contributed by atoms with Gasteiger partial charge in [-0.1, -0.05) is 0 Å². The van der Waals surface area contributed by atoms with Crippen LogP contribution in [0.4, 0.5) is 4.39 Å². The van der Waals surface area contributed by atoms with Crippen LogP contribution < -0.4 is 0 Å². The molecule has 8 heteroatoms. The first kappa shape index (κ1) is 16.3. The highest BCUT2D eigenvalue weighted by molar-refractivity contribution is 7.12. The summed E-state index contributed by atoms with van der Waals surface area (Å²) in [7, 11) is 0. The van der Waals surface area contributed by atoms with Gasteiger partial charge in [-0.05, 0) is 24.1 Å². The van der Waals surface area contributed by atoms with Crippen LogP contribution in [-0.2, 0) is 4.79 Å². The van der Waals surface area contributed by atoms with Crippen molar-refractivity contribution in [3.8, 4) is 5.06 Å². The average Bonchev–Trinajstić information content (AvgIpc) is 3.03. The van der Waals surface area contributed by atoms with Crippen LogP contribution in [0.3, 0.4) is 0 Å². The van der Waals surface area contributed by atoms with Crippen LogP contribution in [0.15, 0.2) is 46.0 Å². The highest BCUT2D eigenvalue weighted by Crippen LogP contribution is 2.43. The Kier molecular flexibility index (Phi) is 3.92. The number of carboxylic acids is 1. The van der Waals surface area contributed by atoms with Gasteiger partial charge in [-0.15, -0.1) is 11.3 Å². The summed E-state index contributed by atoms with van der Waals surface area (Å²) < 4.78 is 13.8. The standard InChI is InChI=1S/C16H14FNO5S/c1-7-9(4-14(20)21)10-3-13(19)11(17)5-12(10)18(7)16(23)8-2-15(22)24-6-8/h2-3,6,12,19,22H,4-5H2,1H3,(H,20,21). The molecule has 1 atom stereocenters. The number of aromatic hydroxyl groups is 1. The molecule has 6 nitrogen and oxygen atoms in total. The monoisotopic (exact) mass is 351 g/mol. The maximum absolute atomic E-state index is 13.8. The van der Waals surface area contributed by atoms with Crippen molar-refractivity contribution in [2.75, 3.05) is 0 Å². The number of aliphatic hydroxyl groups is 1. The van der Waals surface area contributed by atoms with E-state index >= 15 is 0 Å². The molecule has 0 fully saturated rings. The van der Waals surface area contributed by atoms with Crippen LogP contribution in [0.5, 0.6) is 5.06 Å². The van der Waals surface area contributed by atoms with Crippen LogP contribution in [0.25, 0.3) is 0 Å². The molecule has 0 radical (unpaired) electrons. The quantitative estimate of drug-likeness (QED) is 0.777. The number of carboxylic acid groups (broad SMARTS) is 1. The number of aliphatic hydroxyl groups excluding tert-OH is 1. The predicted octanol–water partition coefficient (Wildman–Crippen LogP) is 3.10. The third-order valence-corrected chi connectivity index (χ3v) is 4.87. The molecule has 0 saturated carbocycles. The molecule has 0 spiro atoms. The number of hydrogen-bond donors (Lipinski definition) is 3. The molecule has 3 N–H and O–H groups in total. The number of carbonyl (C=O) groups excluding carboxylic acids is 1. The second-order valence-electron chi connectivity index (χ2n) is 5.59. The topological polar surface area (TPSA) is 98.1 Å². The van der Waals surface area contributed by atoms with Gasteiger partial charge in [0.05, 0.1) is 18.0 Å². The van der Waals surface area contributed by atoms with Crippen molar-refractivity contribution in [2.45, 2.75) is 25.8 Å². The first-order valence-corrected chi connectivity index (χ1v) is 7.99. The minimum Gasteiger partial charge on any atom is -0.505 e. The predicted molar refractivity (Wildman–Crippen MR) is 84.4 cm³/mol. The van der Waals surface area contributed by atoms with E-state index in [0.29, 0.717) is 16.8 Å². The number of allylic oxidation sites excluding steroid dienone is 2. The highest BCUT2D eigenvalue weighted by atomic mass is 32.1. The Morgan fingerprint density at radius 1 is 1.42 bits per heavy atom. The van der Waals surface area contributed by atoms with Crippen molar-refractivity contribution in [3.63, 3.8) is 0 Å². The van der Waals surface area contributed by atoms with E-state index in [9.17, 15) is 24.2 Å². The van der Waals surface area contributed by atoms with Gasteiger partial charge in [-0.25, -0.2) is 4.39 Å². The Balaban J connectivity index is 2.06. The van der Waals surface area contributed by atoms with E-state index in [4.69, 9.17) is 5.11 Å². The summed E-state index contributed by atoms with van der Waals surface area (Å²) >= 11 is 0.994. The minimum atomic E-state index is -1.08. The lowest BCUT2D eigenvalue weighted by Gasteiger charge is -2.28. The van der Waals surface area contributed by atoms with E-state index < -0.39 is 29.5 Å². The second kappa shape index (κ2) is 5.79. The maximum atomic E-state index is 13.8. The Morgan fingerprint density at radius 2 is 2.12 bits per heavy atom. The van der Waals surface area contributed by atoms with Crippen molar-refractivity contribution in [1.82, 2.24) is 4.90 Å². The number of amides is 1. The molecule has 2 aliphatic rings. The molecule has 1 aromatic heterocycles. The Hall–Kier alpha value is -2.61. The molecule has 0 saturated heterocycles. The van der Waals surface area contributed by atoms with Gasteiger partial charge in [-0.2, -0.15) is 0 Å². The largest absolute Gasteiger partial charge is 0.505 e. The molecular weight excluding hydrogens is 337 g/mol. The summed E-state index contributed by atoms with van der Waals surface area (Å²) in [6.07, 6.45) is 0.630. The molecule has 24 heavy (non-hydrogen) atoms. The van der Waals surface area contributed by atoms with Gasteiger partial charge in [0.1, 0.15) is 11.6 Å². The zero-order valence-electron chi connectivity index (χ0n) is 12.6. The van der Waals surface area contributed by atoms with Crippen LogP contribution >= 0.6 is 11.3 Å². The van der Waals surface area contributed by atoms with Gasteiger partial charge in [0.2, 0.25) is 0 Å². The molecule has 0 bridgehead atoms. The third kappa shape index (κ3) is 2.58. The van der Waals surface area contributed by atoms with Gasteiger partial charge in [-0.3, -0.25) is 9.59 Å². The molecule has 126 valence electrons. The molecule has 1 aromatic rings. The van der Waals surface area contributed by atoms with Crippen LogP contribution in [-0.4, -0.2) is 38.1 Å². The number of nitrogens with zero attached hydrogens (tertiary/aromatic N) is 1. The molecule has 1 aliphatic carbocycles. The summed E-state index contributed by atoms with van der Waals surface area (Å²) in [5.74, 6) is -2.82. The van der Waals surface area contributed by atoms with Gasteiger partial charge in [0.25, 0.3) is 5.91 Å². The van der Waals surface area contributed by atoms with E-state index in [2.05, 4.69) is 0 Å². The van der Waals surface area contributed by atoms with Crippen molar-refractivity contribution >= 4 is 23.2 Å². The molecule has 1 aliphatic heterocycles. The fraction of sp³-hybridized carbons (Fsp3) is 0.250. The maximum Gasteiger partial charge on any atom is 0.307 e. The van der Waals surface area contributed by atoms with E-state index in [1.165, 1.54) is 22.4 Å². The van der Waals surface area contributed by atoms with Crippen molar-refractivity contribution in [3.05, 3.63) is 51.5 Å². The smallest absolute Gasteiger partial charge is 0.307 e. The van der Waals surface area contributed by atoms with Crippen molar-refractivity contribution in [1.29, 1.82) is 0 Å². The zero-order valence-corrected chi connectivity index (χ0v) is 13.4. The van der Waals surface area contributed by atoms with Gasteiger partial charge in [0.15, 0.2) is 5.06 Å². The minimum absolute atomic E-state index is 0.0203. The van der Waals surface area contributed by atoms with Gasteiger partial charge < -0.3 is 20.2 Å². The fourth-order valence-electron chi connectivity index (χ4n) is 3.06. The molecule has 3 rings (SSSR count). The van der Waals surface area contributed by atoms with Crippen LogP contribution in [0.1, 0.15) is 30.1 Å². The van der Waals surface area contributed by atoms with E-state index in [1.54, 1.807) is 6.92 Å². The lowest BCUT2D eigenvalue weighted by molar-refractivity contribution is -0.136. The Bertz CT molecular complexity index is 835. The molecular formula is C16H14FNO5S. The number of halogens is 1. The Morgan fingerprint density at radius 3 is 2.71 bits per heavy atom. The summed E-state index contributed by atoms with van der Waals surface area (Å²) in [5.41, 5.74) is 1.47. The number of thiophene rings is 1. The molecule has 1 amide bonds. The summed E-state index contributed by atoms with van der Waals surface area (Å²) in [6, 6.07) is 0.607. The normalized spacial score (nSPS) is 20.3. The first-order chi connectivity index (χ1) is 11.3. The zero-order chi connectivity index (χ0) is 17.6. The van der Waals surface area contributed by atoms with E-state index in [0.717, 1.165) is 11.3 Å². The third-order valence-electron chi connectivity index (χ3n) is 4.14. The lowest BCUT2D eigenvalue weighted by atomic mass is 9.92. The summed E-state index contributed by atoms with van der Waals surface area (Å²) in [6.45, 7) is 1.59. The second-order valence-corrected chi connectivity index (χ2v) is 6.48. The average molecular weight is 351 g/mol.